The van der Waals surface area contributed by atoms with Crippen molar-refractivity contribution in [1.82, 2.24) is 0 Å². The molecule has 0 aromatic heterocycles. The molecule has 1 atom stereocenters. The average molecular weight is 272 g/mol. The van der Waals surface area contributed by atoms with Crippen LogP contribution in [0.25, 0.3) is 10.8 Å². The number of hydrogen-bond acceptors (Lipinski definition) is 2. The van der Waals surface area contributed by atoms with Gasteiger partial charge in [0, 0.05) is 6.61 Å². The summed E-state index contributed by atoms with van der Waals surface area (Å²) in [6.45, 7) is 5.52. The Morgan fingerprint density at radius 2 is 1.80 bits per heavy atom. The second-order valence-corrected chi connectivity index (χ2v) is 5.70. The Labute approximate surface area is 121 Å². The Morgan fingerprint density at radius 3 is 2.60 bits per heavy atom. The smallest absolute Gasteiger partial charge is 0.103 e. The molecular formula is C18H24O2. The van der Waals surface area contributed by atoms with E-state index in [1.807, 2.05) is 30.3 Å². The fraction of sp³-hybridized carbons (Fsp3) is 0.444. The van der Waals surface area contributed by atoms with Crippen LogP contribution in [0.4, 0.5) is 0 Å². The van der Waals surface area contributed by atoms with Gasteiger partial charge in [-0.05, 0) is 35.1 Å². The van der Waals surface area contributed by atoms with E-state index < -0.39 is 6.10 Å². The number of rotatable bonds is 7. The van der Waals surface area contributed by atoms with Gasteiger partial charge in [-0.1, -0.05) is 56.3 Å². The van der Waals surface area contributed by atoms with Crippen LogP contribution in [0, 0.1) is 5.92 Å². The molecule has 0 aliphatic carbocycles. The molecule has 0 aliphatic rings. The highest BCUT2D eigenvalue weighted by atomic mass is 16.5. The van der Waals surface area contributed by atoms with Crippen molar-refractivity contribution < 1.29 is 9.84 Å². The molecule has 20 heavy (non-hydrogen) atoms. The summed E-state index contributed by atoms with van der Waals surface area (Å²) in [5.41, 5.74) is 0.951. The Hall–Kier alpha value is -1.38. The summed E-state index contributed by atoms with van der Waals surface area (Å²) >= 11 is 0. The predicted octanol–water partition coefficient (Wildman–Crippen LogP) is 4.33. The molecule has 1 N–H and O–H groups in total. The monoisotopic (exact) mass is 272 g/mol. The van der Waals surface area contributed by atoms with Gasteiger partial charge in [-0.25, -0.2) is 0 Å². The molecule has 2 rings (SSSR count). The molecule has 0 saturated carbocycles. The lowest BCUT2D eigenvalue weighted by Crippen LogP contribution is -2.09. The zero-order valence-corrected chi connectivity index (χ0v) is 12.4. The highest BCUT2D eigenvalue weighted by Crippen LogP contribution is 2.24. The van der Waals surface area contributed by atoms with Crippen LogP contribution in [-0.2, 0) is 4.74 Å². The lowest BCUT2D eigenvalue weighted by atomic mass is 10.0. The minimum Gasteiger partial charge on any atom is -0.386 e. The molecule has 2 aromatic rings. The van der Waals surface area contributed by atoms with E-state index in [-0.39, 0.29) is 0 Å². The number of aliphatic hydroxyl groups is 1. The fourth-order valence-corrected chi connectivity index (χ4v) is 2.42. The molecule has 2 heteroatoms. The Balaban J connectivity index is 1.92. The van der Waals surface area contributed by atoms with Crippen LogP contribution in [0.5, 0.6) is 0 Å². The van der Waals surface area contributed by atoms with Crippen LogP contribution in [0.2, 0.25) is 0 Å². The molecule has 2 aromatic carbocycles. The predicted molar refractivity (Wildman–Crippen MR) is 83.8 cm³/mol. The van der Waals surface area contributed by atoms with Crippen molar-refractivity contribution in [2.24, 2.45) is 5.92 Å². The molecule has 0 heterocycles. The van der Waals surface area contributed by atoms with Gasteiger partial charge >= 0.3 is 0 Å². The maximum Gasteiger partial charge on any atom is 0.103 e. The van der Waals surface area contributed by atoms with Gasteiger partial charge in [0.2, 0.25) is 0 Å². The van der Waals surface area contributed by atoms with Gasteiger partial charge in [-0.2, -0.15) is 0 Å². The number of aliphatic hydroxyl groups excluding tert-OH is 1. The minimum absolute atomic E-state index is 0.367. The molecule has 0 saturated heterocycles. The summed E-state index contributed by atoms with van der Waals surface area (Å²) in [7, 11) is 0. The quantitative estimate of drug-likeness (QED) is 0.760. The molecule has 0 amide bonds. The second-order valence-electron chi connectivity index (χ2n) is 5.70. The van der Waals surface area contributed by atoms with Gasteiger partial charge in [0.25, 0.3) is 0 Å². The first kappa shape index (κ1) is 15.0. The van der Waals surface area contributed by atoms with Crippen molar-refractivity contribution in [2.75, 3.05) is 13.2 Å². The third-order valence-corrected chi connectivity index (χ3v) is 3.53. The molecule has 0 spiro atoms. The first-order valence-electron chi connectivity index (χ1n) is 7.42. The van der Waals surface area contributed by atoms with E-state index in [1.165, 1.54) is 6.42 Å². The Kier molecular flexibility index (Phi) is 5.57. The van der Waals surface area contributed by atoms with Gasteiger partial charge in [-0.3, -0.25) is 0 Å². The highest BCUT2D eigenvalue weighted by Gasteiger charge is 2.10. The van der Waals surface area contributed by atoms with Crippen LogP contribution in [0.15, 0.2) is 42.5 Å². The van der Waals surface area contributed by atoms with E-state index in [0.29, 0.717) is 12.5 Å². The second kappa shape index (κ2) is 7.41. The molecule has 0 aliphatic heterocycles. The third-order valence-electron chi connectivity index (χ3n) is 3.53. The topological polar surface area (TPSA) is 29.5 Å². The Morgan fingerprint density at radius 1 is 1.05 bits per heavy atom. The van der Waals surface area contributed by atoms with Gasteiger partial charge < -0.3 is 9.84 Å². The van der Waals surface area contributed by atoms with Crippen LogP contribution in [-0.4, -0.2) is 18.3 Å². The first-order valence-corrected chi connectivity index (χ1v) is 7.42. The van der Waals surface area contributed by atoms with Crippen molar-refractivity contribution in [2.45, 2.75) is 32.8 Å². The minimum atomic E-state index is -0.555. The average Bonchev–Trinajstić information content (AvgIpc) is 2.45. The van der Waals surface area contributed by atoms with Crippen LogP contribution in [0.3, 0.4) is 0 Å². The van der Waals surface area contributed by atoms with Crippen molar-refractivity contribution >= 4 is 10.8 Å². The van der Waals surface area contributed by atoms with Crippen molar-refractivity contribution in [1.29, 1.82) is 0 Å². The van der Waals surface area contributed by atoms with Gasteiger partial charge in [0.15, 0.2) is 0 Å². The number of benzene rings is 2. The maximum absolute atomic E-state index is 10.3. The lowest BCUT2D eigenvalue weighted by molar-refractivity contribution is 0.0345. The zero-order chi connectivity index (χ0) is 14.4. The zero-order valence-electron chi connectivity index (χ0n) is 12.4. The van der Waals surface area contributed by atoms with Crippen molar-refractivity contribution in [3.8, 4) is 0 Å². The molecule has 2 nitrogen and oxygen atoms in total. The SMILES string of the molecule is CC(C)CCCOCC(O)c1cccc2ccccc12. The summed E-state index contributed by atoms with van der Waals surface area (Å²) in [6, 6.07) is 14.2. The summed E-state index contributed by atoms with van der Waals surface area (Å²) in [6.07, 6.45) is 1.67. The summed E-state index contributed by atoms with van der Waals surface area (Å²) < 4.78 is 5.60. The number of fused-ring (bicyclic) bond motifs is 1. The van der Waals surface area contributed by atoms with E-state index in [0.717, 1.165) is 29.4 Å². The molecule has 0 bridgehead atoms. The standard InChI is InChI=1S/C18H24O2/c1-14(2)7-6-12-20-13-18(19)17-11-5-9-15-8-3-4-10-16(15)17/h3-5,8-11,14,18-19H,6-7,12-13H2,1-2H3. The van der Waals surface area contributed by atoms with Crippen molar-refractivity contribution in [3.63, 3.8) is 0 Å². The van der Waals surface area contributed by atoms with E-state index in [1.54, 1.807) is 0 Å². The Bertz CT molecular complexity index is 528. The summed E-state index contributed by atoms with van der Waals surface area (Å²) in [5, 5.41) is 12.6. The van der Waals surface area contributed by atoms with Gasteiger partial charge in [0.1, 0.15) is 6.10 Å². The molecule has 0 radical (unpaired) electrons. The molecule has 0 fully saturated rings. The lowest BCUT2D eigenvalue weighted by Gasteiger charge is -2.14. The highest BCUT2D eigenvalue weighted by molar-refractivity contribution is 5.85. The number of ether oxygens (including phenoxy) is 1. The fourth-order valence-electron chi connectivity index (χ4n) is 2.42. The molecule has 1 unspecified atom stereocenters. The summed E-state index contributed by atoms with van der Waals surface area (Å²) in [4.78, 5) is 0. The third kappa shape index (κ3) is 4.06. The normalized spacial score (nSPS) is 13.0. The van der Waals surface area contributed by atoms with Crippen LogP contribution < -0.4 is 0 Å². The van der Waals surface area contributed by atoms with E-state index in [2.05, 4.69) is 26.0 Å². The number of hydrogen-bond donors (Lipinski definition) is 1. The van der Waals surface area contributed by atoms with Gasteiger partial charge in [-0.15, -0.1) is 0 Å². The van der Waals surface area contributed by atoms with Gasteiger partial charge in [0.05, 0.1) is 6.61 Å². The largest absolute Gasteiger partial charge is 0.386 e. The first-order chi connectivity index (χ1) is 9.68. The van der Waals surface area contributed by atoms with Crippen LogP contribution >= 0.6 is 0 Å². The van der Waals surface area contributed by atoms with Crippen molar-refractivity contribution in [3.05, 3.63) is 48.0 Å². The van der Waals surface area contributed by atoms with Crippen LogP contribution in [0.1, 0.15) is 38.4 Å². The maximum atomic E-state index is 10.3. The molecule has 108 valence electrons. The van der Waals surface area contributed by atoms with E-state index in [9.17, 15) is 5.11 Å². The summed E-state index contributed by atoms with van der Waals surface area (Å²) in [5.74, 6) is 0.710. The van der Waals surface area contributed by atoms with E-state index in [4.69, 9.17) is 4.74 Å². The van der Waals surface area contributed by atoms with E-state index >= 15 is 0 Å². The molecular weight excluding hydrogens is 248 g/mol.